The van der Waals surface area contributed by atoms with Gasteiger partial charge in [-0.05, 0) is 17.7 Å². The van der Waals surface area contributed by atoms with Crippen LogP contribution in [0.4, 0.5) is 0 Å². The molecule has 1 heterocycles. The van der Waals surface area contributed by atoms with Crippen molar-refractivity contribution < 1.29 is 9.90 Å². The molecule has 0 radical (unpaired) electrons. The lowest BCUT2D eigenvalue weighted by Crippen LogP contribution is -2.19. The minimum absolute atomic E-state index is 0.219. The highest BCUT2D eigenvalue weighted by Gasteiger charge is 2.26. The topological polar surface area (TPSA) is 59.3 Å². The van der Waals surface area contributed by atoms with Crippen molar-refractivity contribution in [1.82, 2.24) is 4.57 Å². The number of benzene rings is 1. The normalized spacial score (nSPS) is 12.3. The Morgan fingerprint density at radius 2 is 2.28 bits per heavy atom. The Morgan fingerprint density at radius 3 is 3.00 bits per heavy atom. The van der Waals surface area contributed by atoms with Gasteiger partial charge in [0.1, 0.15) is 6.54 Å². The van der Waals surface area contributed by atoms with Crippen LogP contribution < -0.4 is 4.87 Å². The molecule has 6 heteroatoms. The zero-order valence-corrected chi connectivity index (χ0v) is 10.7. The lowest BCUT2D eigenvalue weighted by molar-refractivity contribution is -0.137. The van der Waals surface area contributed by atoms with Crippen molar-refractivity contribution in [3.8, 4) is 11.3 Å². The molecule has 2 aromatic rings. The average molecular weight is 282 g/mol. The van der Waals surface area contributed by atoms with E-state index in [1.807, 2.05) is 12.1 Å². The quantitative estimate of drug-likeness (QED) is 0.783. The van der Waals surface area contributed by atoms with Gasteiger partial charge in [-0.3, -0.25) is 14.2 Å². The molecule has 0 amide bonds. The number of aliphatic carboxylic acids is 1. The van der Waals surface area contributed by atoms with Gasteiger partial charge in [-0.15, -0.1) is 0 Å². The SMILES string of the molecule is O=C(O)Cn1c2c(sc1=O)Cc1cc(Cl)ccc1-2. The van der Waals surface area contributed by atoms with Crippen molar-refractivity contribution in [2.45, 2.75) is 13.0 Å². The molecule has 3 rings (SSSR count). The van der Waals surface area contributed by atoms with Gasteiger partial charge in [0.05, 0.1) is 5.69 Å². The van der Waals surface area contributed by atoms with Crippen LogP contribution in [0.15, 0.2) is 23.0 Å². The zero-order chi connectivity index (χ0) is 12.9. The van der Waals surface area contributed by atoms with E-state index in [1.54, 1.807) is 6.07 Å². The third-order valence-corrected chi connectivity index (χ3v) is 4.15. The summed E-state index contributed by atoms with van der Waals surface area (Å²) < 4.78 is 1.32. The van der Waals surface area contributed by atoms with Gasteiger partial charge in [0.15, 0.2) is 0 Å². The molecule has 0 fully saturated rings. The fourth-order valence-corrected chi connectivity index (χ4v) is 3.47. The standard InChI is InChI=1S/C12H8ClNO3S/c13-7-1-2-8-6(3-7)4-9-11(8)14(5-10(15)16)12(17)18-9/h1-3H,4-5H2,(H,15,16). The zero-order valence-electron chi connectivity index (χ0n) is 9.14. The second-order valence-electron chi connectivity index (χ2n) is 4.10. The van der Waals surface area contributed by atoms with Crippen LogP contribution in [-0.2, 0) is 17.8 Å². The van der Waals surface area contributed by atoms with Crippen LogP contribution in [0.5, 0.6) is 0 Å². The van der Waals surface area contributed by atoms with E-state index in [0.717, 1.165) is 33.0 Å². The van der Waals surface area contributed by atoms with Gasteiger partial charge in [0, 0.05) is 21.9 Å². The maximum Gasteiger partial charge on any atom is 0.323 e. The number of carboxylic acids is 1. The maximum absolute atomic E-state index is 11.8. The Kier molecular flexibility index (Phi) is 2.53. The number of hydrogen-bond donors (Lipinski definition) is 1. The van der Waals surface area contributed by atoms with Gasteiger partial charge in [0.2, 0.25) is 0 Å². The highest BCUT2D eigenvalue weighted by molar-refractivity contribution is 7.09. The highest BCUT2D eigenvalue weighted by atomic mass is 35.5. The van der Waals surface area contributed by atoms with E-state index in [4.69, 9.17) is 16.7 Å². The van der Waals surface area contributed by atoms with Crippen LogP contribution in [0.2, 0.25) is 5.02 Å². The van der Waals surface area contributed by atoms with E-state index in [9.17, 15) is 9.59 Å². The Labute approximate surface area is 111 Å². The number of nitrogens with zero attached hydrogens (tertiary/aromatic N) is 1. The summed E-state index contributed by atoms with van der Waals surface area (Å²) >= 11 is 7.04. The molecule has 0 spiro atoms. The van der Waals surface area contributed by atoms with Crippen molar-refractivity contribution in [2.75, 3.05) is 0 Å². The van der Waals surface area contributed by atoms with E-state index < -0.39 is 5.97 Å². The molecule has 1 aliphatic carbocycles. The summed E-state index contributed by atoms with van der Waals surface area (Å²) in [5, 5.41) is 9.51. The smallest absolute Gasteiger partial charge is 0.323 e. The van der Waals surface area contributed by atoms with Crippen LogP contribution in [0.25, 0.3) is 11.3 Å². The van der Waals surface area contributed by atoms with Gasteiger partial charge in [-0.2, -0.15) is 0 Å². The molecule has 18 heavy (non-hydrogen) atoms. The Morgan fingerprint density at radius 1 is 1.50 bits per heavy atom. The molecule has 92 valence electrons. The first-order valence-corrected chi connectivity index (χ1v) is 6.49. The van der Waals surface area contributed by atoms with Crippen LogP contribution in [0, 0.1) is 0 Å². The number of halogens is 1. The fraction of sp³-hybridized carbons (Fsp3) is 0.167. The third kappa shape index (κ3) is 1.67. The van der Waals surface area contributed by atoms with Crippen molar-refractivity contribution >= 4 is 28.9 Å². The number of fused-ring (bicyclic) bond motifs is 3. The van der Waals surface area contributed by atoms with Crippen molar-refractivity contribution in [3.05, 3.63) is 43.3 Å². The summed E-state index contributed by atoms with van der Waals surface area (Å²) in [4.78, 5) is 23.3. The summed E-state index contributed by atoms with van der Waals surface area (Å²) in [6.45, 7) is -0.299. The van der Waals surface area contributed by atoms with Crippen molar-refractivity contribution in [3.63, 3.8) is 0 Å². The molecular formula is C12H8ClNO3S. The van der Waals surface area contributed by atoms with Crippen LogP contribution in [0.1, 0.15) is 10.4 Å². The Hall–Kier alpha value is -1.59. The van der Waals surface area contributed by atoms with Gasteiger partial charge >= 0.3 is 10.8 Å². The summed E-state index contributed by atoms with van der Waals surface area (Å²) in [6, 6.07) is 5.45. The van der Waals surface area contributed by atoms with E-state index in [0.29, 0.717) is 11.4 Å². The van der Waals surface area contributed by atoms with Crippen LogP contribution in [-0.4, -0.2) is 15.6 Å². The molecule has 1 N–H and O–H groups in total. The average Bonchev–Trinajstić information content (AvgIpc) is 2.75. The van der Waals surface area contributed by atoms with Gasteiger partial charge in [-0.25, -0.2) is 0 Å². The lowest BCUT2D eigenvalue weighted by Gasteiger charge is -2.05. The fourth-order valence-electron chi connectivity index (χ4n) is 2.26. The number of thiazole rings is 1. The van der Waals surface area contributed by atoms with Crippen molar-refractivity contribution in [2.24, 2.45) is 0 Å². The first-order chi connectivity index (χ1) is 8.56. The predicted octanol–water partition coefficient (Wildman–Crippen LogP) is 2.22. The number of carboxylic acid groups (broad SMARTS) is 1. The third-order valence-electron chi connectivity index (χ3n) is 2.93. The second-order valence-corrected chi connectivity index (χ2v) is 5.58. The van der Waals surface area contributed by atoms with E-state index in [2.05, 4.69) is 0 Å². The molecular weight excluding hydrogens is 274 g/mol. The first-order valence-electron chi connectivity index (χ1n) is 5.29. The number of carbonyl (C=O) groups is 1. The van der Waals surface area contributed by atoms with E-state index in [-0.39, 0.29) is 11.4 Å². The van der Waals surface area contributed by atoms with Crippen LogP contribution in [0.3, 0.4) is 0 Å². The summed E-state index contributed by atoms with van der Waals surface area (Å²) in [6.07, 6.45) is 0.651. The Bertz CT molecular complexity index is 717. The monoisotopic (exact) mass is 281 g/mol. The number of rotatable bonds is 2. The van der Waals surface area contributed by atoms with Gasteiger partial charge < -0.3 is 5.11 Å². The van der Waals surface area contributed by atoms with Gasteiger partial charge in [0.25, 0.3) is 0 Å². The lowest BCUT2D eigenvalue weighted by atomic mass is 10.1. The summed E-state index contributed by atoms with van der Waals surface area (Å²) in [5.74, 6) is -1.01. The number of aromatic nitrogens is 1. The number of hydrogen-bond acceptors (Lipinski definition) is 3. The molecule has 0 aliphatic heterocycles. The molecule has 0 bridgehead atoms. The summed E-state index contributed by atoms with van der Waals surface area (Å²) in [7, 11) is 0. The first kappa shape index (κ1) is 11.5. The molecule has 1 aromatic heterocycles. The predicted molar refractivity (Wildman–Crippen MR) is 69.5 cm³/mol. The maximum atomic E-state index is 11.8. The largest absolute Gasteiger partial charge is 0.480 e. The van der Waals surface area contributed by atoms with Crippen molar-refractivity contribution in [1.29, 1.82) is 0 Å². The van der Waals surface area contributed by atoms with Crippen LogP contribution >= 0.6 is 22.9 Å². The minimum Gasteiger partial charge on any atom is -0.480 e. The Balaban J connectivity index is 2.21. The molecule has 0 saturated carbocycles. The summed E-state index contributed by atoms with van der Waals surface area (Å²) in [5.41, 5.74) is 2.69. The minimum atomic E-state index is -1.01. The second kappa shape index (κ2) is 3.96. The molecule has 1 aromatic carbocycles. The molecule has 1 aliphatic rings. The van der Waals surface area contributed by atoms with Gasteiger partial charge in [-0.1, -0.05) is 29.0 Å². The van der Waals surface area contributed by atoms with E-state index in [1.165, 1.54) is 4.57 Å². The molecule has 0 unspecified atom stereocenters. The molecule has 0 atom stereocenters. The van der Waals surface area contributed by atoms with E-state index >= 15 is 0 Å². The molecule has 0 saturated heterocycles. The molecule has 4 nitrogen and oxygen atoms in total. The highest BCUT2D eigenvalue weighted by Crippen LogP contribution is 2.39.